The molecular weight excluding hydrogens is 580 g/mol. The third-order valence-electron chi connectivity index (χ3n) is 3.94. The van der Waals surface area contributed by atoms with Crippen molar-refractivity contribution in [1.82, 2.24) is 0 Å². The molecule has 11 heteroatoms. The molecule has 0 radical (unpaired) electrons. The molecular formula is C30H24F4O6Ti. The second kappa shape index (κ2) is 20.7. The van der Waals surface area contributed by atoms with E-state index < -0.39 is 46.7 Å². The number of carbonyl (C=O) groups excluding carboxylic acids is 2. The van der Waals surface area contributed by atoms with Crippen LogP contribution in [0.25, 0.3) is 0 Å². The molecule has 0 N–H and O–H groups in total. The molecule has 6 nitrogen and oxygen atoms in total. The van der Waals surface area contributed by atoms with Gasteiger partial charge < -0.3 is 9.78 Å². The van der Waals surface area contributed by atoms with Crippen molar-refractivity contribution in [1.29, 1.82) is 0 Å². The summed E-state index contributed by atoms with van der Waals surface area (Å²) in [5, 5.41) is 0. The van der Waals surface area contributed by atoms with E-state index in [1.165, 1.54) is 13.8 Å². The van der Waals surface area contributed by atoms with Crippen molar-refractivity contribution in [2.75, 3.05) is 0 Å². The van der Waals surface area contributed by atoms with Gasteiger partial charge in [-0.3, -0.25) is 21.9 Å². The van der Waals surface area contributed by atoms with E-state index in [4.69, 9.17) is 0 Å². The van der Waals surface area contributed by atoms with E-state index >= 15 is 0 Å². The fraction of sp³-hybridized carbons (Fsp3) is 0.133. The van der Waals surface area contributed by atoms with Gasteiger partial charge in [0.1, 0.15) is 11.5 Å². The molecule has 41 heavy (non-hydrogen) atoms. The number of hydrogen-bond acceptors (Lipinski definition) is 6. The third-order valence-corrected chi connectivity index (χ3v) is 3.94. The van der Waals surface area contributed by atoms with Crippen molar-refractivity contribution in [2.24, 2.45) is 0 Å². The minimum atomic E-state index is -1.08. The molecule has 0 heterocycles. The molecule has 2 aromatic carbocycles. The Morgan fingerprint density at radius 2 is 1.07 bits per heavy atom. The fourth-order valence-corrected chi connectivity index (χ4v) is 1.98. The van der Waals surface area contributed by atoms with Crippen LogP contribution in [0.3, 0.4) is 0 Å². The summed E-state index contributed by atoms with van der Waals surface area (Å²) in [7, 11) is 0. The Labute approximate surface area is 250 Å². The van der Waals surface area contributed by atoms with Crippen molar-refractivity contribution in [3.8, 4) is 11.5 Å². The number of halogens is 4. The second-order valence-corrected chi connectivity index (χ2v) is 7.44. The average Bonchev–Trinajstić information content (AvgIpc) is 3.67. The van der Waals surface area contributed by atoms with Gasteiger partial charge in [0, 0.05) is 22.8 Å². The summed E-state index contributed by atoms with van der Waals surface area (Å²) in [5.41, 5.74) is 0.197. The van der Waals surface area contributed by atoms with Crippen LogP contribution in [0.1, 0.15) is 26.7 Å². The first-order valence-corrected chi connectivity index (χ1v) is 11.3. The summed E-state index contributed by atoms with van der Waals surface area (Å²) < 4.78 is 50.5. The molecule has 0 spiro atoms. The van der Waals surface area contributed by atoms with Crippen LogP contribution in [0.15, 0.2) is 85.0 Å². The van der Waals surface area contributed by atoms with E-state index in [-0.39, 0.29) is 32.9 Å². The van der Waals surface area contributed by atoms with Crippen LogP contribution in [-0.4, -0.2) is 11.9 Å². The Balaban J connectivity index is 0.000000573. The fourth-order valence-electron chi connectivity index (χ4n) is 1.98. The van der Waals surface area contributed by atoms with Gasteiger partial charge in [-0.2, -0.15) is 12.2 Å². The van der Waals surface area contributed by atoms with E-state index in [1.807, 2.05) is 24.3 Å². The van der Waals surface area contributed by atoms with E-state index in [0.29, 0.717) is 0 Å². The van der Waals surface area contributed by atoms with Crippen molar-refractivity contribution in [3.05, 3.63) is 133 Å². The monoisotopic (exact) mass is 604 g/mol. The Bertz CT molecular complexity index is 1180. The number of hydrogen-bond donors (Lipinski definition) is 0. The maximum absolute atomic E-state index is 12.9. The molecule has 0 bridgehead atoms. The molecule has 0 saturated carbocycles. The van der Waals surface area contributed by atoms with Crippen LogP contribution in [0, 0.1) is 47.6 Å². The Hall–Kier alpha value is -4.15. The summed E-state index contributed by atoms with van der Waals surface area (Å²) in [5.74, 6) is -6.42. The first-order valence-electron chi connectivity index (χ1n) is 11.3. The molecule has 2 aliphatic rings. The van der Waals surface area contributed by atoms with Crippen molar-refractivity contribution in [3.63, 3.8) is 0 Å². The van der Waals surface area contributed by atoms with Crippen molar-refractivity contribution >= 4 is 11.9 Å². The average molecular weight is 604 g/mol. The van der Waals surface area contributed by atoms with Crippen molar-refractivity contribution in [2.45, 2.75) is 26.7 Å². The molecule has 0 unspecified atom stereocenters. The normalized spacial score (nSPS) is 11.3. The van der Waals surface area contributed by atoms with Crippen LogP contribution in [-0.2, 0) is 41.1 Å². The Morgan fingerprint density at radius 3 is 1.29 bits per heavy atom. The van der Waals surface area contributed by atoms with Gasteiger partial charge in [0.25, 0.3) is 0 Å². The van der Waals surface area contributed by atoms with Gasteiger partial charge in [-0.15, -0.1) is 49.2 Å². The predicted molar refractivity (Wildman–Crippen MR) is 137 cm³/mol. The molecule has 0 fully saturated rings. The number of allylic oxidation sites excluding steroid dienone is 8. The van der Waals surface area contributed by atoms with Crippen LogP contribution >= 0.6 is 0 Å². The van der Waals surface area contributed by atoms with Gasteiger partial charge in [0.05, 0.1) is 11.6 Å². The van der Waals surface area contributed by atoms with Crippen molar-refractivity contribution < 1.29 is 68.4 Å². The third kappa shape index (κ3) is 16.5. The predicted octanol–water partition coefficient (Wildman–Crippen LogP) is 6.97. The summed E-state index contributed by atoms with van der Waals surface area (Å²) in [6.07, 6.45) is 20.0. The first-order chi connectivity index (χ1) is 19.0. The van der Waals surface area contributed by atoms with E-state index in [1.54, 1.807) is 12.1 Å². The minimum Gasteiger partial charge on any atom is -0.348 e. The van der Waals surface area contributed by atoms with Crippen LogP contribution in [0.5, 0.6) is 11.5 Å². The number of rotatable bonds is 6. The van der Waals surface area contributed by atoms with E-state index in [2.05, 4.69) is 57.0 Å². The zero-order chi connectivity index (χ0) is 29.9. The van der Waals surface area contributed by atoms with E-state index in [9.17, 15) is 27.2 Å². The summed E-state index contributed by atoms with van der Waals surface area (Å²) >= 11 is 0. The summed E-state index contributed by atoms with van der Waals surface area (Å²) in [4.78, 5) is 38.7. The maximum atomic E-state index is 12.9. The molecule has 212 valence electrons. The molecule has 2 aromatic rings. The van der Waals surface area contributed by atoms with Crippen LogP contribution in [0.4, 0.5) is 17.6 Å². The van der Waals surface area contributed by atoms with Gasteiger partial charge in [-0.1, -0.05) is 13.2 Å². The molecule has 0 aliphatic heterocycles. The van der Waals surface area contributed by atoms with Crippen LogP contribution < -0.4 is 9.78 Å². The maximum Gasteiger partial charge on any atom is 4.00 e. The quantitative estimate of drug-likeness (QED) is 0.0887. The molecule has 0 amide bonds. The SMILES string of the molecule is C=C(C)C(=O)OOc1ccc(F)[c-]c1F.C=C(C)C(=O)OOc1ccc(F)[c-]c1F.[C-]1=CC=CC1.[C-]1=CC=CC1.[Ti+4]. The summed E-state index contributed by atoms with van der Waals surface area (Å²) in [6.45, 7) is 9.38. The van der Waals surface area contributed by atoms with Crippen LogP contribution in [0.2, 0.25) is 0 Å². The Kier molecular flexibility index (Phi) is 18.6. The molecule has 0 aromatic heterocycles. The van der Waals surface area contributed by atoms with Gasteiger partial charge in [0.15, 0.2) is 0 Å². The summed E-state index contributed by atoms with van der Waals surface area (Å²) in [6, 6.07) is 7.24. The smallest absolute Gasteiger partial charge is 0.348 e. The second-order valence-electron chi connectivity index (χ2n) is 7.44. The Morgan fingerprint density at radius 1 is 0.707 bits per heavy atom. The van der Waals surface area contributed by atoms with Gasteiger partial charge >= 0.3 is 33.7 Å². The largest absolute Gasteiger partial charge is 4.00 e. The topological polar surface area (TPSA) is 71.1 Å². The molecule has 0 saturated heterocycles. The van der Waals surface area contributed by atoms with E-state index in [0.717, 1.165) is 37.1 Å². The molecule has 4 rings (SSSR count). The molecule has 0 atom stereocenters. The van der Waals surface area contributed by atoms with Gasteiger partial charge in [-0.25, -0.2) is 51.5 Å². The molecule has 2 aliphatic carbocycles. The number of carbonyl (C=O) groups is 2. The minimum absolute atomic E-state index is 0. The standard InChI is InChI=1S/2C10H7F2O3.2C5H5.Ti/c2*1-6(2)10(13)15-14-9-4-3-7(11)5-8(9)12;2*1-2-4-5-3-1;/h2*3-4H,1H2,2H3;2*1-3H,4H2;/q4*-1;+4. The number of benzene rings is 2. The van der Waals surface area contributed by atoms with Gasteiger partial charge in [0.2, 0.25) is 0 Å². The zero-order valence-electron chi connectivity index (χ0n) is 22.1. The van der Waals surface area contributed by atoms with Gasteiger partial charge in [-0.05, 0) is 13.8 Å². The first kappa shape index (κ1) is 36.9. The zero-order valence-corrected chi connectivity index (χ0v) is 23.6.